The number of amides is 1. The van der Waals surface area contributed by atoms with Crippen molar-refractivity contribution in [3.8, 4) is 11.5 Å². The molecule has 1 heterocycles. The molecule has 3 rings (SSSR count). The van der Waals surface area contributed by atoms with Crippen molar-refractivity contribution in [3.05, 3.63) is 57.6 Å². The Hall–Kier alpha value is -3.13. The lowest BCUT2D eigenvalue weighted by Crippen LogP contribution is -2.21. The summed E-state index contributed by atoms with van der Waals surface area (Å²) in [6.07, 6.45) is 1.54. The summed E-state index contributed by atoms with van der Waals surface area (Å²) in [6, 6.07) is 9.12. The molecule has 2 N–H and O–H groups in total. The van der Waals surface area contributed by atoms with Crippen LogP contribution in [-0.2, 0) is 4.79 Å². The molecule has 0 spiro atoms. The standard InChI is InChI=1S/C19H15BrN2O5/c1-10-15(8-12-7-13(20)9-16(27-2)17(12)23)18(24)22(21-10)14-5-3-11(4-6-14)19(25)26/h3-9,23H,1-2H3,(H,25,26). The number of phenols is 1. The third kappa shape index (κ3) is 3.56. The van der Waals surface area contributed by atoms with Gasteiger partial charge in [-0.1, -0.05) is 15.9 Å². The van der Waals surface area contributed by atoms with Crippen molar-refractivity contribution in [2.24, 2.45) is 5.10 Å². The first-order valence-corrected chi connectivity index (χ1v) is 8.62. The molecule has 0 aliphatic carbocycles. The van der Waals surface area contributed by atoms with Crippen LogP contribution in [0.2, 0.25) is 0 Å². The molecule has 8 heteroatoms. The van der Waals surface area contributed by atoms with Crippen LogP contribution in [0.4, 0.5) is 5.69 Å². The van der Waals surface area contributed by atoms with Crippen LogP contribution >= 0.6 is 15.9 Å². The molecule has 0 saturated heterocycles. The van der Waals surface area contributed by atoms with E-state index in [0.29, 0.717) is 27.0 Å². The molecule has 0 fully saturated rings. The fraction of sp³-hybridized carbons (Fsp3) is 0.105. The second-order valence-corrected chi connectivity index (χ2v) is 6.67. The van der Waals surface area contributed by atoms with E-state index < -0.39 is 5.97 Å². The molecular weight excluding hydrogens is 416 g/mol. The molecular formula is C19H15BrN2O5. The van der Waals surface area contributed by atoms with Crippen LogP contribution in [0.25, 0.3) is 6.08 Å². The Morgan fingerprint density at radius 1 is 1.26 bits per heavy atom. The molecule has 27 heavy (non-hydrogen) atoms. The first kappa shape index (κ1) is 18.7. The highest BCUT2D eigenvalue weighted by molar-refractivity contribution is 9.10. The number of nitrogens with zero attached hydrogens (tertiary/aromatic N) is 2. The third-order valence-electron chi connectivity index (χ3n) is 4.01. The number of hydrogen-bond donors (Lipinski definition) is 2. The number of benzene rings is 2. The molecule has 0 unspecified atom stereocenters. The van der Waals surface area contributed by atoms with Crippen LogP contribution in [0.5, 0.6) is 11.5 Å². The van der Waals surface area contributed by atoms with Crippen molar-refractivity contribution in [3.63, 3.8) is 0 Å². The number of carbonyl (C=O) groups is 2. The monoisotopic (exact) mass is 430 g/mol. The van der Waals surface area contributed by atoms with Crippen LogP contribution in [0.1, 0.15) is 22.8 Å². The lowest BCUT2D eigenvalue weighted by Gasteiger charge is -2.12. The van der Waals surface area contributed by atoms with Gasteiger partial charge in [0.05, 0.1) is 29.6 Å². The number of hydrazone groups is 1. The summed E-state index contributed by atoms with van der Waals surface area (Å²) in [5.41, 5.74) is 1.76. The van der Waals surface area contributed by atoms with Gasteiger partial charge in [0.1, 0.15) is 0 Å². The minimum atomic E-state index is -1.05. The van der Waals surface area contributed by atoms with Crippen LogP contribution < -0.4 is 9.75 Å². The third-order valence-corrected chi connectivity index (χ3v) is 4.47. The van der Waals surface area contributed by atoms with Gasteiger partial charge in [-0.15, -0.1) is 0 Å². The average molecular weight is 431 g/mol. The van der Waals surface area contributed by atoms with E-state index in [-0.39, 0.29) is 23.0 Å². The van der Waals surface area contributed by atoms with Crippen molar-refractivity contribution in [2.75, 3.05) is 12.1 Å². The number of aromatic carboxylic acids is 1. The van der Waals surface area contributed by atoms with E-state index in [9.17, 15) is 14.7 Å². The predicted octanol–water partition coefficient (Wildman–Crippen LogP) is 3.67. The molecule has 0 radical (unpaired) electrons. The SMILES string of the molecule is COc1cc(Br)cc(C=C2C(=O)N(c3ccc(C(=O)O)cc3)N=C2C)c1O. The molecule has 2 aromatic carbocycles. The Kier molecular flexibility index (Phi) is 5.00. The maximum atomic E-state index is 12.8. The Bertz CT molecular complexity index is 996. The zero-order chi connectivity index (χ0) is 19.7. The van der Waals surface area contributed by atoms with Gasteiger partial charge in [0.25, 0.3) is 5.91 Å². The maximum absolute atomic E-state index is 12.8. The van der Waals surface area contributed by atoms with Crippen molar-refractivity contribution in [1.29, 1.82) is 0 Å². The minimum absolute atomic E-state index is 0.0851. The predicted molar refractivity (Wildman–Crippen MR) is 104 cm³/mol. The maximum Gasteiger partial charge on any atom is 0.335 e. The summed E-state index contributed by atoms with van der Waals surface area (Å²) >= 11 is 3.34. The molecule has 0 bridgehead atoms. The van der Waals surface area contributed by atoms with Crippen molar-refractivity contribution >= 4 is 45.3 Å². The number of halogens is 1. The van der Waals surface area contributed by atoms with Crippen LogP contribution in [0.3, 0.4) is 0 Å². The fourth-order valence-electron chi connectivity index (χ4n) is 2.62. The summed E-state index contributed by atoms with van der Waals surface area (Å²) in [5.74, 6) is -1.24. The number of phenolic OH excluding ortho intramolecular Hbond substituents is 1. The molecule has 0 aromatic heterocycles. The van der Waals surface area contributed by atoms with E-state index >= 15 is 0 Å². The highest BCUT2D eigenvalue weighted by Crippen LogP contribution is 2.36. The van der Waals surface area contributed by atoms with Crippen LogP contribution in [0.15, 0.2) is 51.5 Å². The highest BCUT2D eigenvalue weighted by Gasteiger charge is 2.29. The number of carbonyl (C=O) groups excluding carboxylic acids is 1. The van der Waals surface area contributed by atoms with Gasteiger partial charge in [0.2, 0.25) is 0 Å². The van der Waals surface area contributed by atoms with Gasteiger partial charge in [-0.2, -0.15) is 10.1 Å². The van der Waals surface area contributed by atoms with Gasteiger partial charge in [-0.05, 0) is 49.4 Å². The first-order chi connectivity index (χ1) is 12.8. The van der Waals surface area contributed by atoms with Crippen LogP contribution in [-0.4, -0.2) is 34.9 Å². The van der Waals surface area contributed by atoms with Crippen molar-refractivity contribution in [1.82, 2.24) is 0 Å². The smallest absolute Gasteiger partial charge is 0.335 e. The minimum Gasteiger partial charge on any atom is -0.504 e. The number of carboxylic acid groups (broad SMARTS) is 1. The summed E-state index contributed by atoms with van der Waals surface area (Å²) in [4.78, 5) is 23.8. The van der Waals surface area contributed by atoms with Gasteiger partial charge in [-0.25, -0.2) is 4.79 Å². The quantitative estimate of drug-likeness (QED) is 0.720. The number of methoxy groups -OCH3 is 1. The Balaban J connectivity index is 1.97. The van der Waals surface area contributed by atoms with Crippen LogP contribution in [0, 0.1) is 0 Å². The number of aromatic hydroxyl groups is 1. The molecule has 1 amide bonds. The lowest BCUT2D eigenvalue weighted by molar-refractivity contribution is -0.114. The number of hydrogen-bond acceptors (Lipinski definition) is 5. The Labute approximate surface area is 163 Å². The topological polar surface area (TPSA) is 99.4 Å². The van der Waals surface area contributed by atoms with E-state index in [4.69, 9.17) is 9.84 Å². The number of ether oxygens (including phenoxy) is 1. The molecule has 138 valence electrons. The lowest BCUT2D eigenvalue weighted by atomic mass is 10.1. The Morgan fingerprint density at radius 3 is 2.52 bits per heavy atom. The summed E-state index contributed by atoms with van der Waals surface area (Å²) in [6.45, 7) is 1.68. The summed E-state index contributed by atoms with van der Waals surface area (Å²) in [5, 5.41) is 24.7. The summed E-state index contributed by atoms with van der Waals surface area (Å²) < 4.78 is 5.81. The van der Waals surface area contributed by atoms with E-state index in [1.807, 2.05) is 0 Å². The molecule has 2 aromatic rings. The fourth-order valence-corrected chi connectivity index (χ4v) is 3.07. The van der Waals surface area contributed by atoms with Gasteiger partial charge in [0, 0.05) is 10.0 Å². The Morgan fingerprint density at radius 2 is 1.93 bits per heavy atom. The van der Waals surface area contributed by atoms with Gasteiger partial charge in [-0.3, -0.25) is 4.79 Å². The molecule has 7 nitrogen and oxygen atoms in total. The molecule has 0 saturated carbocycles. The highest BCUT2D eigenvalue weighted by atomic mass is 79.9. The first-order valence-electron chi connectivity index (χ1n) is 7.83. The zero-order valence-electron chi connectivity index (χ0n) is 14.4. The van der Waals surface area contributed by atoms with E-state index in [2.05, 4.69) is 21.0 Å². The largest absolute Gasteiger partial charge is 0.504 e. The van der Waals surface area contributed by atoms with Gasteiger partial charge >= 0.3 is 5.97 Å². The van der Waals surface area contributed by atoms with E-state index in [1.165, 1.54) is 42.5 Å². The van der Waals surface area contributed by atoms with Crippen molar-refractivity contribution < 1.29 is 24.5 Å². The average Bonchev–Trinajstić information content (AvgIpc) is 2.92. The molecule has 0 atom stereocenters. The van der Waals surface area contributed by atoms with E-state index in [1.54, 1.807) is 19.1 Å². The zero-order valence-corrected chi connectivity index (χ0v) is 16.0. The second kappa shape index (κ2) is 7.24. The van der Waals surface area contributed by atoms with Crippen molar-refractivity contribution in [2.45, 2.75) is 6.92 Å². The number of anilines is 1. The second-order valence-electron chi connectivity index (χ2n) is 5.76. The molecule has 1 aliphatic heterocycles. The normalized spacial score (nSPS) is 15.2. The van der Waals surface area contributed by atoms with Gasteiger partial charge < -0.3 is 14.9 Å². The summed E-state index contributed by atoms with van der Waals surface area (Å²) in [7, 11) is 1.44. The number of rotatable bonds is 4. The van der Waals surface area contributed by atoms with Gasteiger partial charge in [0.15, 0.2) is 11.5 Å². The number of carboxylic acids is 1. The van der Waals surface area contributed by atoms with E-state index in [0.717, 1.165) is 0 Å². The molecule has 1 aliphatic rings.